The van der Waals surface area contributed by atoms with Gasteiger partial charge in [0, 0.05) is 12.5 Å². The van der Waals surface area contributed by atoms with Crippen molar-refractivity contribution in [2.24, 2.45) is 5.73 Å². The third-order valence-electron chi connectivity index (χ3n) is 3.36. The van der Waals surface area contributed by atoms with Crippen molar-refractivity contribution in [2.45, 2.75) is 19.4 Å². The average Bonchev–Trinajstić information content (AvgIpc) is 2.80. The number of para-hydroxylation sites is 1. The summed E-state index contributed by atoms with van der Waals surface area (Å²) in [4.78, 5) is 4.59. The van der Waals surface area contributed by atoms with Crippen molar-refractivity contribution in [3.8, 4) is 0 Å². The molecule has 1 aromatic heterocycles. The molecular weight excluding hydrogens is 271 g/mol. The highest BCUT2D eigenvalue weighted by molar-refractivity contribution is 7.18. The van der Waals surface area contributed by atoms with E-state index >= 15 is 0 Å². The molecule has 0 fully saturated rings. The number of nitrogens with zero attached hydrogens (tertiary/aromatic N) is 1. The van der Waals surface area contributed by atoms with Crippen LogP contribution in [0.1, 0.15) is 22.2 Å². The predicted molar refractivity (Wildman–Crippen MR) is 81.4 cm³/mol. The maximum absolute atomic E-state index is 13.1. The predicted octanol–water partition coefficient (Wildman–Crippen LogP) is 3.99. The summed E-state index contributed by atoms with van der Waals surface area (Å²) in [5.74, 6) is -0.224. The lowest BCUT2D eigenvalue weighted by molar-refractivity contribution is 0.622. The first-order chi connectivity index (χ1) is 9.63. The van der Waals surface area contributed by atoms with Crippen molar-refractivity contribution in [2.75, 3.05) is 0 Å². The van der Waals surface area contributed by atoms with E-state index in [1.54, 1.807) is 17.4 Å². The maximum Gasteiger partial charge on any atom is 0.123 e. The lowest BCUT2D eigenvalue weighted by atomic mass is 10.00. The quantitative estimate of drug-likeness (QED) is 0.790. The normalized spacial score (nSPS) is 12.8. The molecule has 0 bridgehead atoms. The highest BCUT2D eigenvalue weighted by Crippen LogP contribution is 2.26. The van der Waals surface area contributed by atoms with Crippen molar-refractivity contribution < 1.29 is 4.39 Å². The van der Waals surface area contributed by atoms with Gasteiger partial charge in [0.05, 0.1) is 15.2 Å². The van der Waals surface area contributed by atoms with Gasteiger partial charge >= 0.3 is 0 Å². The smallest absolute Gasteiger partial charge is 0.123 e. The molecule has 3 rings (SSSR count). The number of hydrogen-bond donors (Lipinski definition) is 1. The molecule has 1 unspecified atom stereocenters. The number of hydrogen-bond acceptors (Lipinski definition) is 3. The van der Waals surface area contributed by atoms with Crippen LogP contribution in [-0.4, -0.2) is 4.98 Å². The largest absolute Gasteiger partial charge is 0.324 e. The monoisotopic (exact) mass is 286 g/mol. The first-order valence-corrected chi connectivity index (χ1v) is 7.31. The second-order valence-corrected chi connectivity index (χ2v) is 6.00. The molecule has 2 nitrogen and oxygen atoms in total. The fourth-order valence-corrected chi connectivity index (χ4v) is 3.39. The summed E-state index contributed by atoms with van der Waals surface area (Å²) in [5, 5.41) is 1.02. The maximum atomic E-state index is 13.1. The Hall–Kier alpha value is -1.78. The fraction of sp³-hybridized carbons (Fsp3) is 0.188. The van der Waals surface area contributed by atoms with Crippen LogP contribution in [0.4, 0.5) is 4.39 Å². The Morgan fingerprint density at radius 3 is 2.80 bits per heavy atom. The average molecular weight is 286 g/mol. The Kier molecular flexibility index (Phi) is 3.51. The van der Waals surface area contributed by atoms with E-state index in [4.69, 9.17) is 5.73 Å². The van der Waals surface area contributed by atoms with Crippen LogP contribution in [0.25, 0.3) is 10.2 Å². The van der Waals surface area contributed by atoms with Crippen LogP contribution in [0.3, 0.4) is 0 Å². The number of fused-ring (bicyclic) bond motifs is 1. The molecule has 0 saturated heterocycles. The van der Waals surface area contributed by atoms with E-state index in [0.717, 1.165) is 21.7 Å². The van der Waals surface area contributed by atoms with E-state index < -0.39 is 0 Å². The molecule has 0 spiro atoms. The summed E-state index contributed by atoms with van der Waals surface area (Å²) in [5.41, 5.74) is 9.12. The van der Waals surface area contributed by atoms with Crippen LogP contribution in [0.5, 0.6) is 0 Å². The zero-order chi connectivity index (χ0) is 14.1. The van der Waals surface area contributed by atoms with Crippen molar-refractivity contribution in [1.82, 2.24) is 4.98 Å². The standard InChI is InChI=1S/C16H15FN2S/c1-10-8-11(17)6-7-12(10)13(18)9-16-19-14-4-2-3-5-15(14)20-16/h2-8,13H,9,18H2,1H3. The van der Waals surface area contributed by atoms with E-state index in [0.29, 0.717) is 6.42 Å². The Balaban J connectivity index is 1.86. The minimum absolute atomic E-state index is 0.156. The zero-order valence-electron chi connectivity index (χ0n) is 11.1. The van der Waals surface area contributed by atoms with Gasteiger partial charge in [-0.15, -0.1) is 11.3 Å². The molecule has 0 radical (unpaired) electrons. The second-order valence-electron chi connectivity index (χ2n) is 4.89. The van der Waals surface area contributed by atoms with Crippen LogP contribution in [0.15, 0.2) is 42.5 Å². The minimum Gasteiger partial charge on any atom is -0.324 e. The molecule has 0 aliphatic carbocycles. The first-order valence-electron chi connectivity index (χ1n) is 6.49. The minimum atomic E-state index is -0.224. The molecule has 0 aliphatic heterocycles. The molecule has 2 N–H and O–H groups in total. The van der Waals surface area contributed by atoms with Gasteiger partial charge in [0.25, 0.3) is 0 Å². The van der Waals surface area contributed by atoms with Gasteiger partial charge in [-0.25, -0.2) is 9.37 Å². The van der Waals surface area contributed by atoms with E-state index in [9.17, 15) is 4.39 Å². The van der Waals surface area contributed by atoms with E-state index in [1.165, 1.54) is 16.8 Å². The lowest BCUT2D eigenvalue weighted by Gasteiger charge is -2.13. The lowest BCUT2D eigenvalue weighted by Crippen LogP contribution is -2.14. The number of halogens is 1. The molecular formula is C16H15FN2S. The third kappa shape index (κ3) is 2.57. The van der Waals surface area contributed by atoms with Gasteiger partial charge in [-0.1, -0.05) is 18.2 Å². The first kappa shape index (κ1) is 13.2. The van der Waals surface area contributed by atoms with Gasteiger partial charge in [0.1, 0.15) is 5.82 Å². The highest BCUT2D eigenvalue weighted by atomic mass is 32.1. The van der Waals surface area contributed by atoms with Gasteiger partial charge in [0.2, 0.25) is 0 Å². The molecule has 0 saturated carbocycles. The molecule has 0 amide bonds. The van der Waals surface area contributed by atoms with Gasteiger partial charge < -0.3 is 5.73 Å². The second kappa shape index (κ2) is 5.31. The SMILES string of the molecule is Cc1cc(F)ccc1C(N)Cc1nc2ccccc2s1. The molecule has 20 heavy (non-hydrogen) atoms. The fourth-order valence-electron chi connectivity index (χ4n) is 2.36. The topological polar surface area (TPSA) is 38.9 Å². The number of thiazole rings is 1. The van der Waals surface area contributed by atoms with Gasteiger partial charge in [-0.2, -0.15) is 0 Å². The summed E-state index contributed by atoms with van der Waals surface area (Å²) in [6.07, 6.45) is 0.672. The van der Waals surface area contributed by atoms with Crippen molar-refractivity contribution in [1.29, 1.82) is 0 Å². The summed E-state index contributed by atoms with van der Waals surface area (Å²) in [7, 11) is 0. The van der Waals surface area contributed by atoms with Gasteiger partial charge in [-0.05, 0) is 42.3 Å². The Labute approximate surface area is 121 Å². The number of rotatable bonds is 3. The number of aromatic nitrogens is 1. The van der Waals surface area contributed by atoms with Crippen LogP contribution in [0, 0.1) is 12.7 Å². The summed E-state index contributed by atoms with van der Waals surface area (Å²) < 4.78 is 14.3. The van der Waals surface area contributed by atoms with Gasteiger partial charge in [-0.3, -0.25) is 0 Å². The summed E-state index contributed by atoms with van der Waals surface area (Å²) in [6.45, 7) is 1.89. The van der Waals surface area contributed by atoms with E-state index in [1.807, 2.05) is 25.1 Å². The number of nitrogens with two attached hydrogens (primary N) is 1. The van der Waals surface area contributed by atoms with Crippen LogP contribution < -0.4 is 5.73 Å². The highest BCUT2D eigenvalue weighted by Gasteiger charge is 2.13. The zero-order valence-corrected chi connectivity index (χ0v) is 12.0. The summed E-state index contributed by atoms with van der Waals surface area (Å²) >= 11 is 1.66. The number of aryl methyl sites for hydroxylation is 1. The Morgan fingerprint density at radius 2 is 2.05 bits per heavy atom. The van der Waals surface area contributed by atoms with Gasteiger partial charge in [0.15, 0.2) is 0 Å². The number of benzene rings is 2. The van der Waals surface area contributed by atoms with Crippen molar-refractivity contribution in [3.63, 3.8) is 0 Å². The molecule has 4 heteroatoms. The van der Waals surface area contributed by atoms with Crippen LogP contribution in [0.2, 0.25) is 0 Å². The van der Waals surface area contributed by atoms with Crippen LogP contribution in [-0.2, 0) is 6.42 Å². The molecule has 102 valence electrons. The van der Waals surface area contributed by atoms with E-state index in [2.05, 4.69) is 11.1 Å². The molecule has 0 aliphatic rings. The van der Waals surface area contributed by atoms with Crippen LogP contribution >= 0.6 is 11.3 Å². The molecule has 3 aromatic rings. The third-order valence-corrected chi connectivity index (χ3v) is 4.42. The Morgan fingerprint density at radius 1 is 1.25 bits per heavy atom. The van der Waals surface area contributed by atoms with Crippen molar-refractivity contribution >= 4 is 21.6 Å². The van der Waals surface area contributed by atoms with Crippen molar-refractivity contribution in [3.05, 3.63) is 64.4 Å². The molecule has 2 aromatic carbocycles. The van der Waals surface area contributed by atoms with E-state index in [-0.39, 0.29) is 11.9 Å². The Bertz CT molecular complexity index is 718. The molecule has 1 atom stereocenters. The summed E-state index contributed by atoms with van der Waals surface area (Å²) in [6, 6.07) is 12.6. The molecule has 1 heterocycles.